The van der Waals surface area contributed by atoms with Crippen molar-refractivity contribution in [2.24, 2.45) is 5.92 Å². The van der Waals surface area contributed by atoms with Crippen LogP contribution in [-0.2, 0) is 4.79 Å². The molecule has 0 fully saturated rings. The number of rotatable bonds is 6. The molecule has 0 aromatic heterocycles. The Kier molecular flexibility index (Phi) is 6.39. The van der Waals surface area contributed by atoms with E-state index in [9.17, 15) is 9.90 Å². The van der Waals surface area contributed by atoms with Gasteiger partial charge in [0.2, 0.25) is 0 Å². The number of halogens is 1. The van der Waals surface area contributed by atoms with Crippen LogP contribution in [0, 0.1) is 5.92 Å². The smallest absolute Gasteiger partial charge is 0.136 e. The van der Waals surface area contributed by atoms with Crippen molar-refractivity contribution in [3.63, 3.8) is 0 Å². The van der Waals surface area contributed by atoms with Crippen LogP contribution in [0.5, 0.6) is 0 Å². The highest BCUT2D eigenvalue weighted by atomic mass is 35.5. The number of carbonyl (C=O) groups excluding carboxylic acids is 1. The monoisotopic (exact) mass is 192 g/mol. The molecule has 0 aliphatic carbocycles. The van der Waals surface area contributed by atoms with Crippen molar-refractivity contribution in [3.05, 3.63) is 0 Å². The molecule has 0 aliphatic heterocycles. The van der Waals surface area contributed by atoms with E-state index >= 15 is 0 Å². The summed E-state index contributed by atoms with van der Waals surface area (Å²) in [6.45, 7) is 3.53. The molecule has 0 bridgehead atoms. The second kappa shape index (κ2) is 6.44. The number of ketones is 1. The Hall–Kier alpha value is -0.0800. The first-order valence-corrected chi connectivity index (χ1v) is 4.91. The number of hydrogen-bond donors (Lipinski definition) is 1. The molecule has 0 aliphatic rings. The molecule has 3 heteroatoms. The molecule has 0 saturated carbocycles. The molecule has 0 unspecified atom stereocenters. The van der Waals surface area contributed by atoms with Crippen LogP contribution in [0.4, 0.5) is 0 Å². The Morgan fingerprint density at radius 1 is 1.58 bits per heavy atom. The van der Waals surface area contributed by atoms with Crippen molar-refractivity contribution in [2.45, 2.75) is 39.2 Å². The maximum Gasteiger partial charge on any atom is 0.136 e. The van der Waals surface area contributed by atoms with E-state index < -0.39 is 6.10 Å². The molecule has 0 radical (unpaired) electrons. The number of unbranched alkanes of at least 4 members (excludes halogenated alkanes) is 1. The number of aliphatic hydroxyl groups is 1. The molecule has 72 valence electrons. The standard InChI is InChI=1S/C9H17ClO2/c1-3-4-5-9(12)8(6-10)7(2)11/h8-9,12H,3-6H2,1-2H3/t8-,9-/m1/s1. The predicted octanol–water partition coefficient (Wildman–Crippen LogP) is 1.98. The van der Waals surface area contributed by atoms with Crippen molar-refractivity contribution in [2.75, 3.05) is 5.88 Å². The average molecular weight is 193 g/mol. The zero-order valence-electron chi connectivity index (χ0n) is 7.72. The van der Waals surface area contributed by atoms with Crippen LogP contribution in [0.15, 0.2) is 0 Å². The summed E-state index contributed by atoms with van der Waals surface area (Å²) in [7, 11) is 0. The van der Waals surface area contributed by atoms with E-state index in [0.717, 1.165) is 12.8 Å². The molecule has 0 amide bonds. The average Bonchev–Trinajstić information content (AvgIpc) is 2.01. The molecule has 0 heterocycles. The molecule has 0 aromatic carbocycles. The summed E-state index contributed by atoms with van der Waals surface area (Å²) in [5, 5.41) is 9.51. The summed E-state index contributed by atoms with van der Waals surface area (Å²) < 4.78 is 0. The summed E-state index contributed by atoms with van der Waals surface area (Å²) in [6, 6.07) is 0. The lowest BCUT2D eigenvalue weighted by Crippen LogP contribution is -2.28. The molecule has 2 atom stereocenters. The molecule has 0 spiro atoms. The highest BCUT2D eigenvalue weighted by molar-refractivity contribution is 6.19. The van der Waals surface area contributed by atoms with Crippen molar-refractivity contribution < 1.29 is 9.90 Å². The molecular formula is C9H17ClO2. The maximum absolute atomic E-state index is 10.9. The van der Waals surface area contributed by atoms with Gasteiger partial charge in [0.15, 0.2) is 0 Å². The zero-order valence-corrected chi connectivity index (χ0v) is 8.47. The first-order valence-electron chi connectivity index (χ1n) is 4.38. The normalized spacial score (nSPS) is 15.7. The summed E-state index contributed by atoms with van der Waals surface area (Å²) in [4.78, 5) is 10.9. The van der Waals surface area contributed by atoms with Gasteiger partial charge in [0.1, 0.15) is 5.78 Å². The largest absolute Gasteiger partial charge is 0.392 e. The molecular weight excluding hydrogens is 176 g/mol. The lowest BCUT2D eigenvalue weighted by molar-refractivity contribution is -0.123. The quantitative estimate of drug-likeness (QED) is 0.654. The lowest BCUT2D eigenvalue weighted by atomic mass is 9.96. The van der Waals surface area contributed by atoms with E-state index in [0.29, 0.717) is 6.42 Å². The third-order valence-electron chi connectivity index (χ3n) is 2.01. The van der Waals surface area contributed by atoms with Crippen molar-refractivity contribution in [3.8, 4) is 0 Å². The minimum Gasteiger partial charge on any atom is -0.392 e. The van der Waals surface area contributed by atoms with Gasteiger partial charge in [-0.15, -0.1) is 11.6 Å². The SMILES string of the molecule is CCCC[C@@H](O)[C@H](CCl)C(C)=O. The predicted molar refractivity (Wildman–Crippen MR) is 50.4 cm³/mol. The van der Waals surface area contributed by atoms with Gasteiger partial charge in [0.25, 0.3) is 0 Å². The number of alkyl halides is 1. The van der Waals surface area contributed by atoms with E-state index in [1.165, 1.54) is 6.92 Å². The third-order valence-corrected chi connectivity index (χ3v) is 2.34. The Morgan fingerprint density at radius 3 is 2.50 bits per heavy atom. The van der Waals surface area contributed by atoms with Gasteiger partial charge in [-0.05, 0) is 13.3 Å². The van der Waals surface area contributed by atoms with Gasteiger partial charge in [-0.1, -0.05) is 19.8 Å². The maximum atomic E-state index is 10.9. The van der Waals surface area contributed by atoms with E-state index in [1.807, 2.05) is 0 Å². The van der Waals surface area contributed by atoms with Crippen LogP contribution >= 0.6 is 11.6 Å². The minimum absolute atomic E-state index is 0.0198. The highest BCUT2D eigenvalue weighted by Crippen LogP contribution is 2.13. The van der Waals surface area contributed by atoms with Crippen LogP contribution < -0.4 is 0 Å². The topological polar surface area (TPSA) is 37.3 Å². The first-order chi connectivity index (χ1) is 5.63. The number of carbonyl (C=O) groups is 1. The molecule has 1 N–H and O–H groups in total. The van der Waals surface area contributed by atoms with Gasteiger partial charge in [0.05, 0.1) is 12.0 Å². The van der Waals surface area contributed by atoms with Gasteiger partial charge >= 0.3 is 0 Å². The van der Waals surface area contributed by atoms with Gasteiger partial charge in [-0.25, -0.2) is 0 Å². The Bertz CT molecular complexity index is 136. The Morgan fingerprint density at radius 2 is 2.17 bits per heavy atom. The van der Waals surface area contributed by atoms with Gasteiger partial charge in [0, 0.05) is 5.88 Å². The van der Waals surface area contributed by atoms with Crippen molar-refractivity contribution >= 4 is 17.4 Å². The van der Waals surface area contributed by atoms with Gasteiger partial charge < -0.3 is 5.11 Å². The fourth-order valence-electron chi connectivity index (χ4n) is 1.10. The fraction of sp³-hybridized carbons (Fsp3) is 0.889. The summed E-state index contributed by atoms with van der Waals surface area (Å²) >= 11 is 5.56. The number of aliphatic hydroxyl groups excluding tert-OH is 1. The van der Waals surface area contributed by atoms with Crippen LogP contribution in [0.25, 0.3) is 0 Å². The van der Waals surface area contributed by atoms with E-state index in [-0.39, 0.29) is 17.6 Å². The molecule has 12 heavy (non-hydrogen) atoms. The van der Waals surface area contributed by atoms with Crippen molar-refractivity contribution in [1.29, 1.82) is 0 Å². The number of hydrogen-bond acceptors (Lipinski definition) is 2. The van der Waals surface area contributed by atoms with Crippen LogP contribution in [-0.4, -0.2) is 22.9 Å². The summed E-state index contributed by atoms with van der Waals surface area (Å²) in [5.74, 6) is -0.174. The summed E-state index contributed by atoms with van der Waals surface area (Å²) in [6.07, 6.45) is 2.10. The van der Waals surface area contributed by atoms with Gasteiger partial charge in [-0.2, -0.15) is 0 Å². The molecule has 0 saturated heterocycles. The van der Waals surface area contributed by atoms with Crippen LogP contribution in [0.2, 0.25) is 0 Å². The second-order valence-corrected chi connectivity index (χ2v) is 3.39. The Labute approximate surface area is 78.9 Å². The van der Waals surface area contributed by atoms with Crippen molar-refractivity contribution in [1.82, 2.24) is 0 Å². The van der Waals surface area contributed by atoms with E-state index in [2.05, 4.69) is 6.92 Å². The van der Waals surface area contributed by atoms with Gasteiger partial charge in [-0.3, -0.25) is 4.79 Å². The zero-order chi connectivity index (χ0) is 9.56. The molecule has 0 rings (SSSR count). The first kappa shape index (κ1) is 11.9. The number of Topliss-reactive ketones (excluding diaryl/α,β-unsaturated/α-hetero) is 1. The second-order valence-electron chi connectivity index (χ2n) is 3.08. The minimum atomic E-state index is -0.556. The van der Waals surface area contributed by atoms with Crippen LogP contribution in [0.1, 0.15) is 33.1 Å². The van der Waals surface area contributed by atoms with E-state index in [4.69, 9.17) is 11.6 Å². The Balaban J connectivity index is 3.85. The lowest BCUT2D eigenvalue weighted by Gasteiger charge is -2.17. The summed E-state index contributed by atoms with van der Waals surface area (Å²) in [5.41, 5.74) is 0. The van der Waals surface area contributed by atoms with E-state index in [1.54, 1.807) is 0 Å². The fourth-order valence-corrected chi connectivity index (χ4v) is 1.52. The highest BCUT2D eigenvalue weighted by Gasteiger charge is 2.21. The molecule has 2 nitrogen and oxygen atoms in total. The third kappa shape index (κ3) is 4.07. The molecule has 0 aromatic rings. The van der Waals surface area contributed by atoms with Crippen LogP contribution in [0.3, 0.4) is 0 Å².